The Kier molecular flexibility index (Phi) is 7.37. The van der Waals surface area contributed by atoms with Gasteiger partial charge in [0.1, 0.15) is 18.1 Å². The molecule has 0 radical (unpaired) electrons. The molecule has 2 aromatic carbocycles. The summed E-state index contributed by atoms with van der Waals surface area (Å²) >= 11 is 0. The molecule has 0 fully saturated rings. The summed E-state index contributed by atoms with van der Waals surface area (Å²) in [6.45, 7) is 3.89. The summed E-state index contributed by atoms with van der Waals surface area (Å²) in [5.74, 6) is -0.0707. The van der Waals surface area contributed by atoms with Gasteiger partial charge in [-0.1, -0.05) is 37.3 Å². The highest BCUT2D eigenvalue weighted by molar-refractivity contribution is 6.08. The molecule has 0 aromatic heterocycles. The van der Waals surface area contributed by atoms with Crippen molar-refractivity contribution >= 4 is 23.5 Å². The van der Waals surface area contributed by atoms with E-state index in [1.807, 2.05) is 19.1 Å². The van der Waals surface area contributed by atoms with E-state index < -0.39 is 0 Å². The predicted octanol–water partition coefficient (Wildman–Crippen LogP) is 4.59. The standard InChI is InChI=1S/C22H23NO4/c1-3-4-5-14-27-19-11-12-20(22(26)15-19)21(25)13-8-17-6-9-18(10-7-17)23-16(2)24/h4-13,15,26H,3,14H2,1-2H3,(H,23,24). The molecule has 2 N–H and O–H groups in total. The molecule has 5 nitrogen and oxygen atoms in total. The first kappa shape index (κ1) is 20.0. The van der Waals surface area contributed by atoms with E-state index in [9.17, 15) is 14.7 Å². The number of carbonyl (C=O) groups is 2. The summed E-state index contributed by atoms with van der Waals surface area (Å²) in [6.07, 6.45) is 7.87. The van der Waals surface area contributed by atoms with Gasteiger partial charge in [0.05, 0.1) is 5.56 Å². The Hall–Kier alpha value is -3.34. The molecule has 0 bridgehead atoms. The summed E-state index contributed by atoms with van der Waals surface area (Å²) in [5, 5.41) is 12.8. The van der Waals surface area contributed by atoms with Crippen molar-refractivity contribution in [3.63, 3.8) is 0 Å². The number of phenolic OH excluding ortho intramolecular Hbond substituents is 1. The number of carbonyl (C=O) groups excluding carboxylic acids is 2. The van der Waals surface area contributed by atoms with Crippen LogP contribution in [0, 0.1) is 0 Å². The van der Waals surface area contributed by atoms with Crippen LogP contribution in [0.5, 0.6) is 11.5 Å². The highest BCUT2D eigenvalue weighted by Gasteiger charge is 2.09. The van der Waals surface area contributed by atoms with Gasteiger partial charge in [0.2, 0.25) is 5.91 Å². The Bertz CT molecular complexity index is 851. The molecule has 2 aromatic rings. The zero-order valence-corrected chi connectivity index (χ0v) is 15.4. The molecule has 0 heterocycles. The van der Waals surface area contributed by atoms with Crippen molar-refractivity contribution in [1.82, 2.24) is 0 Å². The number of anilines is 1. The van der Waals surface area contributed by atoms with Crippen LogP contribution in [0.25, 0.3) is 6.08 Å². The van der Waals surface area contributed by atoms with E-state index in [0.717, 1.165) is 12.0 Å². The van der Waals surface area contributed by atoms with E-state index >= 15 is 0 Å². The third-order valence-electron chi connectivity index (χ3n) is 3.64. The first-order chi connectivity index (χ1) is 13.0. The van der Waals surface area contributed by atoms with Crippen molar-refractivity contribution in [1.29, 1.82) is 0 Å². The number of amides is 1. The van der Waals surface area contributed by atoms with Crippen LogP contribution in [0.1, 0.15) is 36.2 Å². The molecule has 0 aliphatic carbocycles. The summed E-state index contributed by atoms with van der Waals surface area (Å²) in [4.78, 5) is 23.3. The molecule has 0 saturated heterocycles. The topological polar surface area (TPSA) is 75.6 Å². The van der Waals surface area contributed by atoms with Crippen molar-refractivity contribution in [2.75, 3.05) is 11.9 Å². The predicted molar refractivity (Wildman–Crippen MR) is 107 cm³/mol. The van der Waals surface area contributed by atoms with Gasteiger partial charge >= 0.3 is 0 Å². The van der Waals surface area contributed by atoms with Crippen molar-refractivity contribution < 1.29 is 19.4 Å². The molecular weight excluding hydrogens is 342 g/mol. The Labute approximate surface area is 159 Å². The van der Waals surface area contributed by atoms with Gasteiger partial charge in [0.15, 0.2) is 5.78 Å². The van der Waals surface area contributed by atoms with Crippen LogP contribution in [0.15, 0.2) is 60.7 Å². The smallest absolute Gasteiger partial charge is 0.221 e. The summed E-state index contributed by atoms with van der Waals surface area (Å²) in [6, 6.07) is 11.7. The number of hydrogen-bond acceptors (Lipinski definition) is 4. The van der Waals surface area contributed by atoms with Crippen LogP contribution in [0.4, 0.5) is 5.69 Å². The number of aromatic hydroxyl groups is 1. The van der Waals surface area contributed by atoms with Gasteiger partial charge in [-0.2, -0.15) is 0 Å². The fourth-order valence-electron chi connectivity index (χ4n) is 2.33. The van der Waals surface area contributed by atoms with E-state index in [4.69, 9.17) is 4.74 Å². The SMILES string of the molecule is CCC=CCOc1ccc(C(=O)C=Cc2ccc(NC(C)=O)cc2)c(O)c1. The maximum absolute atomic E-state index is 12.3. The molecule has 0 atom stereocenters. The van der Waals surface area contributed by atoms with E-state index in [-0.39, 0.29) is 23.0 Å². The summed E-state index contributed by atoms with van der Waals surface area (Å²) < 4.78 is 5.49. The largest absolute Gasteiger partial charge is 0.507 e. The van der Waals surface area contributed by atoms with Gasteiger partial charge in [0.25, 0.3) is 0 Å². The summed E-state index contributed by atoms with van der Waals surface area (Å²) in [5.41, 5.74) is 1.70. The fraction of sp³-hybridized carbons (Fsp3) is 0.182. The molecule has 0 aliphatic heterocycles. The number of ketones is 1. The minimum absolute atomic E-state index is 0.123. The average molecular weight is 365 g/mol. The number of hydrogen-bond donors (Lipinski definition) is 2. The normalized spacial score (nSPS) is 11.0. The molecule has 27 heavy (non-hydrogen) atoms. The molecule has 0 unspecified atom stereocenters. The zero-order chi connectivity index (χ0) is 19.6. The highest BCUT2D eigenvalue weighted by Crippen LogP contribution is 2.24. The maximum Gasteiger partial charge on any atom is 0.221 e. The Morgan fingerprint density at radius 1 is 1.11 bits per heavy atom. The lowest BCUT2D eigenvalue weighted by Crippen LogP contribution is -2.05. The van der Waals surface area contributed by atoms with Crippen LogP contribution < -0.4 is 10.1 Å². The molecule has 2 rings (SSSR count). The first-order valence-corrected chi connectivity index (χ1v) is 8.70. The van der Waals surface area contributed by atoms with Crippen LogP contribution in [-0.2, 0) is 4.79 Å². The van der Waals surface area contributed by atoms with Gasteiger partial charge in [-0.15, -0.1) is 0 Å². The molecular formula is C22H23NO4. The van der Waals surface area contributed by atoms with Crippen LogP contribution in [0.3, 0.4) is 0 Å². The number of phenols is 1. The van der Waals surface area contributed by atoms with Crippen molar-refractivity contribution in [2.45, 2.75) is 20.3 Å². The highest BCUT2D eigenvalue weighted by atomic mass is 16.5. The molecule has 0 saturated carbocycles. The van der Waals surface area contributed by atoms with E-state index in [1.54, 1.807) is 42.5 Å². The number of rotatable bonds is 8. The van der Waals surface area contributed by atoms with Crippen LogP contribution in [0.2, 0.25) is 0 Å². The minimum Gasteiger partial charge on any atom is -0.507 e. The van der Waals surface area contributed by atoms with E-state index in [1.165, 1.54) is 19.1 Å². The fourth-order valence-corrected chi connectivity index (χ4v) is 2.33. The van der Waals surface area contributed by atoms with Crippen LogP contribution >= 0.6 is 0 Å². The second kappa shape index (κ2) is 9.97. The molecule has 140 valence electrons. The second-order valence-corrected chi connectivity index (χ2v) is 5.87. The Balaban J connectivity index is 2.01. The third-order valence-corrected chi connectivity index (χ3v) is 3.64. The monoisotopic (exact) mass is 365 g/mol. The summed E-state index contributed by atoms with van der Waals surface area (Å²) in [7, 11) is 0. The van der Waals surface area contributed by atoms with Gasteiger partial charge in [-0.3, -0.25) is 9.59 Å². The van der Waals surface area contributed by atoms with Crippen molar-refractivity contribution in [2.24, 2.45) is 0 Å². The number of ether oxygens (including phenoxy) is 1. The lowest BCUT2D eigenvalue weighted by atomic mass is 10.1. The lowest BCUT2D eigenvalue weighted by Gasteiger charge is -2.06. The Morgan fingerprint density at radius 2 is 1.85 bits per heavy atom. The van der Waals surface area contributed by atoms with Crippen molar-refractivity contribution in [3.05, 3.63) is 71.8 Å². The van der Waals surface area contributed by atoms with Gasteiger partial charge in [-0.05, 0) is 42.3 Å². The molecule has 0 spiro atoms. The number of allylic oxidation sites excluding steroid dienone is 2. The van der Waals surface area contributed by atoms with Crippen molar-refractivity contribution in [3.8, 4) is 11.5 Å². The Morgan fingerprint density at radius 3 is 2.48 bits per heavy atom. The zero-order valence-electron chi connectivity index (χ0n) is 15.4. The van der Waals surface area contributed by atoms with Gasteiger partial charge in [-0.25, -0.2) is 0 Å². The molecule has 1 amide bonds. The van der Waals surface area contributed by atoms with E-state index in [0.29, 0.717) is 18.0 Å². The second-order valence-electron chi connectivity index (χ2n) is 5.87. The van der Waals surface area contributed by atoms with E-state index in [2.05, 4.69) is 5.32 Å². The first-order valence-electron chi connectivity index (χ1n) is 8.70. The third kappa shape index (κ3) is 6.47. The van der Waals surface area contributed by atoms with Gasteiger partial charge in [0, 0.05) is 18.7 Å². The average Bonchev–Trinajstić information content (AvgIpc) is 2.64. The molecule has 0 aliphatic rings. The maximum atomic E-state index is 12.3. The number of benzene rings is 2. The molecule has 5 heteroatoms. The van der Waals surface area contributed by atoms with Gasteiger partial charge < -0.3 is 15.2 Å². The quantitative estimate of drug-likeness (QED) is 0.407. The number of nitrogens with one attached hydrogen (secondary N) is 1. The minimum atomic E-state index is -0.309. The lowest BCUT2D eigenvalue weighted by molar-refractivity contribution is -0.114. The van der Waals surface area contributed by atoms with Crippen LogP contribution in [-0.4, -0.2) is 23.4 Å².